The summed E-state index contributed by atoms with van der Waals surface area (Å²) in [5, 5.41) is 21.5. The molecule has 0 saturated heterocycles. The van der Waals surface area contributed by atoms with E-state index in [4.69, 9.17) is 19.3 Å². The second-order valence-electron chi connectivity index (χ2n) is 5.86. The van der Waals surface area contributed by atoms with Gasteiger partial charge in [0, 0.05) is 13.1 Å². The lowest BCUT2D eigenvalue weighted by Gasteiger charge is -2.25. The summed E-state index contributed by atoms with van der Waals surface area (Å²) in [5.74, 6) is -6.77. The van der Waals surface area contributed by atoms with Crippen molar-refractivity contribution in [3.63, 3.8) is 0 Å². The van der Waals surface area contributed by atoms with Gasteiger partial charge in [-0.1, -0.05) is 0 Å². The Labute approximate surface area is 171 Å². The van der Waals surface area contributed by atoms with E-state index in [2.05, 4.69) is 0 Å². The lowest BCUT2D eigenvalue weighted by Crippen LogP contribution is -2.47. The number of carboxylic acid groups (broad SMARTS) is 2. The quantitative estimate of drug-likeness (QED) is 0.122. The van der Waals surface area contributed by atoms with Gasteiger partial charge in [-0.3, -0.25) is 38.1 Å². The van der Waals surface area contributed by atoms with Crippen molar-refractivity contribution in [2.75, 3.05) is 51.0 Å². The van der Waals surface area contributed by atoms with Gasteiger partial charge in [-0.2, -0.15) is 16.8 Å². The lowest BCUT2D eigenvalue weighted by molar-refractivity contribution is -0.141. The van der Waals surface area contributed by atoms with Gasteiger partial charge in [0.25, 0.3) is 20.2 Å². The molecule has 0 aromatic rings. The van der Waals surface area contributed by atoms with Crippen molar-refractivity contribution in [3.05, 3.63) is 0 Å². The highest BCUT2D eigenvalue weighted by Gasteiger charge is 2.20. The molecule has 0 fully saturated rings. The van der Waals surface area contributed by atoms with Crippen molar-refractivity contribution < 1.29 is 55.3 Å². The third-order valence-electron chi connectivity index (χ3n) is 3.09. The number of amides is 2. The fourth-order valence-corrected chi connectivity index (χ4v) is 2.64. The zero-order valence-electron chi connectivity index (χ0n) is 15.4. The van der Waals surface area contributed by atoms with Crippen molar-refractivity contribution in [1.29, 1.82) is 0 Å². The van der Waals surface area contributed by atoms with Gasteiger partial charge < -0.3 is 20.8 Å². The van der Waals surface area contributed by atoms with Gasteiger partial charge in [0.1, 0.15) is 11.8 Å². The number of hydrogen-bond acceptors (Lipinski definition) is 10. The molecule has 0 saturated carbocycles. The topological polar surface area (TPSA) is 248 Å². The largest absolute Gasteiger partial charge is 0.480 e. The van der Waals surface area contributed by atoms with Crippen LogP contribution in [0.15, 0.2) is 0 Å². The van der Waals surface area contributed by atoms with E-state index < -0.39 is 81.9 Å². The fourth-order valence-electron chi connectivity index (χ4n) is 1.95. The monoisotopic (exact) mass is 478 g/mol. The van der Waals surface area contributed by atoms with E-state index in [1.54, 1.807) is 0 Å². The number of hydrogen-bond donors (Lipinski definition) is 6. The first-order valence-corrected chi connectivity index (χ1v) is 11.1. The molecule has 18 heteroatoms. The molecule has 174 valence electrons. The molecule has 0 rings (SSSR count). The summed E-state index contributed by atoms with van der Waals surface area (Å²) in [6, 6.07) is 0. The molecule has 0 aromatic heterocycles. The van der Waals surface area contributed by atoms with Crippen LogP contribution in [0.3, 0.4) is 0 Å². The second kappa shape index (κ2) is 12.3. The van der Waals surface area contributed by atoms with Crippen LogP contribution >= 0.6 is 0 Å². The number of carbonyl (C=O) groups excluding carboxylic acids is 2. The Morgan fingerprint density at radius 3 is 1.17 bits per heavy atom. The van der Waals surface area contributed by atoms with Gasteiger partial charge >= 0.3 is 11.9 Å². The normalized spacial score (nSPS) is 12.0. The summed E-state index contributed by atoms with van der Waals surface area (Å²) in [7, 11) is -8.98. The zero-order valence-corrected chi connectivity index (χ0v) is 17.1. The summed E-state index contributed by atoms with van der Waals surface area (Å²) >= 11 is 0. The Hall–Kier alpha value is -2.38. The molecule has 16 nitrogen and oxygen atoms in total. The number of carbonyl (C=O) groups is 4. The molecule has 0 aromatic carbocycles. The molecular formula is C12H22N4O12S2. The smallest absolute Gasteiger partial charge is 0.317 e. The van der Waals surface area contributed by atoms with Crippen LogP contribution in [-0.4, -0.2) is 121 Å². The summed E-state index contributed by atoms with van der Waals surface area (Å²) in [4.78, 5) is 47.2. The van der Waals surface area contributed by atoms with Crippen LogP contribution in [-0.2, 0) is 39.4 Å². The Bertz CT molecular complexity index is 771. The minimum atomic E-state index is -4.49. The Balaban J connectivity index is 4.93. The van der Waals surface area contributed by atoms with Crippen molar-refractivity contribution in [3.8, 4) is 0 Å². The van der Waals surface area contributed by atoms with Crippen molar-refractivity contribution in [2.24, 2.45) is 0 Å². The van der Waals surface area contributed by atoms with Crippen LogP contribution in [0.5, 0.6) is 0 Å². The molecule has 0 aliphatic carbocycles. The van der Waals surface area contributed by atoms with E-state index in [-0.39, 0.29) is 13.1 Å². The van der Waals surface area contributed by atoms with Gasteiger partial charge in [-0.05, 0) is 0 Å². The molecule has 0 bridgehead atoms. The van der Waals surface area contributed by atoms with E-state index in [9.17, 15) is 36.0 Å². The minimum absolute atomic E-state index is 0.246. The van der Waals surface area contributed by atoms with Crippen molar-refractivity contribution in [2.45, 2.75) is 0 Å². The molecule has 0 radical (unpaired) electrons. The lowest BCUT2D eigenvalue weighted by atomic mass is 10.3. The highest BCUT2D eigenvalue weighted by molar-refractivity contribution is 7.86. The maximum atomic E-state index is 11.7. The number of nitrogens with one attached hydrogen (secondary N) is 2. The predicted molar refractivity (Wildman–Crippen MR) is 97.3 cm³/mol. The molecule has 0 aliphatic heterocycles. The highest BCUT2D eigenvalue weighted by atomic mass is 32.2. The molecule has 0 atom stereocenters. The molecule has 0 heterocycles. The summed E-state index contributed by atoms with van der Waals surface area (Å²) < 4.78 is 59.6. The molecule has 0 spiro atoms. The fraction of sp³-hybridized carbons (Fsp3) is 0.667. The number of rotatable bonds is 15. The van der Waals surface area contributed by atoms with Crippen LogP contribution in [0.25, 0.3) is 0 Å². The standard InChI is InChI=1S/C12H22N4O12S2/c17-9(13-7-29(23,24)25)3-15(5-11(19)20)1-2-16(6-12(21)22)4-10(18)14-8-30(26,27)28/h1-8H2,(H,13,17)(H,14,18)(H,19,20)(H,21,22)(H,23,24,25)(H,26,27,28). The summed E-state index contributed by atoms with van der Waals surface area (Å²) in [5.41, 5.74) is 0. The van der Waals surface area contributed by atoms with Gasteiger partial charge in [-0.15, -0.1) is 0 Å². The van der Waals surface area contributed by atoms with Gasteiger partial charge in [0.05, 0.1) is 26.2 Å². The Morgan fingerprint density at radius 2 is 0.933 bits per heavy atom. The number of nitrogens with zero attached hydrogens (tertiary/aromatic N) is 2. The van der Waals surface area contributed by atoms with E-state index in [0.29, 0.717) is 0 Å². The van der Waals surface area contributed by atoms with Gasteiger partial charge in [0.2, 0.25) is 11.8 Å². The van der Waals surface area contributed by atoms with Crippen molar-refractivity contribution in [1.82, 2.24) is 20.4 Å². The van der Waals surface area contributed by atoms with Crippen LogP contribution in [0, 0.1) is 0 Å². The van der Waals surface area contributed by atoms with Gasteiger partial charge in [-0.25, -0.2) is 0 Å². The first kappa shape index (κ1) is 27.6. The molecule has 6 N–H and O–H groups in total. The van der Waals surface area contributed by atoms with E-state index in [1.165, 1.54) is 0 Å². The van der Waals surface area contributed by atoms with Crippen LogP contribution < -0.4 is 10.6 Å². The van der Waals surface area contributed by atoms with Gasteiger partial charge in [0.15, 0.2) is 0 Å². The molecule has 0 unspecified atom stereocenters. The average molecular weight is 478 g/mol. The van der Waals surface area contributed by atoms with Crippen LogP contribution in [0.4, 0.5) is 0 Å². The van der Waals surface area contributed by atoms with E-state index in [0.717, 1.165) is 9.80 Å². The first-order valence-electron chi connectivity index (χ1n) is 7.89. The van der Waals surface area contributed by atoms with Crippen LogP contribution in [0.2, 0.25) is 0 Å². The first-order chi connectivity index (χ1) is 13.6. The molecule has 2 amide bonds. The maximum absolute atomic E-state index is 11.7. The average Bonchev–Trinajstić information content (AvgIpc) is 2.53. The zero-order chi connectivity index (χ0) is 23.5. The van der Waals surface area contributed by atoms with E-state index >= 15 is 0 Å². The predicted octanol–water partition coefficient (Wildman–Crippen LogP) is -4.32. The molecule has 30 heavy (non-hydrogen) atoms. The second-order valence-corrected chi connectivity index (χ2v) is 8.77. The molecule has 0 aliphatic rings. The van der Waals surface area contributed by atoms with E-state index in [1.807, 2.05) is 10.6 Å². The third-order valence-corrected chi connectivity index (χ3v) is 4.11. The molecular weight excluding hydrogens is 456 g/mol. The highest BCUT2D eigenvalue weighted by Crippen LogP contribution is 1.95. The SMILES string of the molecule is O=C(O)CN(CCN(CC(=O)O)CC(=O)NCS(=O)(=O)O)CC(=O)NCS(=O)(=O)O. The minimum Gasteiger partial charge on any atom is -0.480 e. The maximum Gasteiger partial charge on any atom is 0.317 e. The Kier molecular flexibility index (Phi) is 11.4. The third kappa shape index (κ3) is 16.6. The van der Waals surface area contributed by atoms with Crippen LogP contribution in [0.1, 0.15) is 0 Å². The summed E-state index contributed by atoms with van der Waals surface area (Å²) in [6.07, 6.45) is 0. The Morgan fingerprint density at radius 1 is 0.633 bits per heavy atom. The van der Waals surface area contributed by atoms with Crippen molar-refractivity contribution >= 4 is 44.0 Å². The number of carboxylic acids is 2. The number of aliphatic carboxylic acids is 2. The summed E-state index contributed by atoms with van der Waals surface area (Å²) in [6.45, 7) is -3.09.